The zero-order valence-corrected chi connectivity index (χ0v) is 29.7. The zero-order chi connectivity index (χ0) is 35.5. The van der Waals surface area contributed by atoms with Gasteiger partial charge < -0.3 is 14.0 Å². The van der Waals surface area contributed by atoms with Gasteiger partial charge >= 0.3 is 0 Å². The molecule has 0 atom stereocenters. The van der Waals surface area contributed by atoms with Crippen molar-refractivity contribution < 1.29 is 0 Å². The molecule has 10 rings (SSSR count). The summed E-state index contributed by atoms with van der Waals surface area (Å²) in [5.41, 5.74) is 15.5. The van der Waals surface area contributed by atoms with E-state index >= 15 is 0 Å². The molecular formula is C50H37N3. The van der Waals surface area contributed by atoms with Gasteiger partial charge in [0.2, 0.25) is 0 Å². The Bertz CT molecular complexity index is 2940. The summed E-state index contributed by atoms with van der Waals surface area (Å²) in [4.78, 5) is 2.39. The molecule has 0 bridgehead atoms. The Morgan fingerprint density at radius 3 is 1.36 bits per heavy atom. The van der Waals surface area contributed by atoms with Gasteiger partial charge in [-0.3, -0.25) is 0 Å². The van der Waals surface area contributed by atoms with Gasteiger partial charge in [0.05, 0.1) is 22.1 Å². The summed E-state index contributed by atoms with van der Waals surface area (Å²) in [5.74, 6) is 0. The molecule has 0 aliphatic rings. The highest BCUT2D eigenvalue weighted by Crippen LogP contribution is 2.41. The van der Waals surface area contributed by atoms with E-state index in [4.69, 9.17) is 0 Å². The number of benzene rings is 8. The lowest BCUT2D eigenvalue weighted by molar-refractivity contribution is 1.16. The summed E-state index contributed by atoms with van der Waals surface area (Å²) in [6.45, 7) is 4.38. The van der Waals surface area contributed by atoms with Crippen LogP contribution in [0.15, 0.2) is 188 Å². The second-order valence-corrected chi connectivity index (χ2v) is 13.9. The molecule has 8 aromatic carbocycles. The number of hydrogen-bond donors (Lipinski definition) is 0. The topological polar surface area (TPSA) is 13.1 Å². The first-order valence-electron chi connectivity index (χ1n) is 18.3. The van der Waals surface area contributed by atoms with E-state index in [0.717, 1.165) is 11.4 Å². The van der Waals surface area contributed by atoms with Gasteiger partial charge in [-0.25, -0.2) is 0 Å². The molecule has 0 spiro atoms. The Hall–Kier alpha value is -6.84. The quantitative estimate of drug-likeness (QED) is 0.170. The van der Waals surface area contributed by atoms with Crippen LogP contribution in [0.5, 0.6) is 0 Å². The summed E-state index contributed by atoms with van der Waals surface area (Å²) < 4.78 is 4.79. The average Bonchev–Trinajstić information content (AvgIpc) is 3.72. The van der Waals surface area contributed by atoms with Crippen LogP contribution in [0.4, 0.5) is 17.1 Å². The summed E-state index contributed by atoms with van der Waals surface area (Å²) in [6, 6.07) is 68.3. The van der Waals surface area contributed by atoms with Crippen LogP contribution in [0.25, 0.3) is 66.1 Å². The van der Waals surface area contributed by atoms with Gasteiger partial charge in [0.15, 0.2) is 0 Å². The number of aryl methyl sites for hydroxylation is 2. The fourth-order valence-electron chi connectivity index (χ4n) is 8.25. The van der Waals surface area contributed by atoms with Crippen LogP contribution >= 0.6 is 0 Å². The molecule has 0 amide bonds. The van der Waals surface area contributed by atoms with E-state index in [9.17, 15) is 0 Å². The molecule has 53 heavy (non-hydrogen) atoms. The molecule has 0 fully saturated rings. The first-order valence-corrected chi connectivity index (χ1v) is 18.3. The molecule has 0 radical (unpaired) electrons. The van der Waals surface area contributed by atoms with E-state index in [1.807, 2.05) is 0 Å². The van der Waals surface area contributed by atoms with Crippen molar-refractivity contribution in [2.75, 3.05) is 4.90 Å². The highest BCUT2D eigenvalue weighted by atomic mass is 15.1. The maximum absolute atomic E-state index is 2.42. The molecule has 2 heterocycles. The van der Waals surface area contributed by atoms with Gasteiger partial charge in [-0.15, -0.1) is 0 Å². The van der Waals surface area contributed by atoms with E-state index < -0.39 is 0 Å². The summed E-state index contributed by atoms with van der Waals surface area (Å²) in [5, 5.41) is 5.00. The van der Waals surface area contributed by atoms with Gasteiger partial charge in [-0.05, 0) is 115 Å². The lowest BCUT2D eigenvalue weighted by Gasteiger charge is -2.29. The number of anilines is 3. The van der Waals surface area contributed by atoms with Crippen molar-refractivity contribution in [2.45, 2.75) is 13.8 Å². The largest absolute Gasteiger partial charge is 0.310 e. The van der Waals surface area contributed by atoms with Crippen LogP contribution in [0.3, 0.4) is 0 Å². The van der Waals surface area contributed by atoms with E-state index in [0.29, 0.717) is 0 Å². The fraction of sp³-hybridized carbons (Fsp3) is 0.0400. The third kappa shape index (κ3) is 5.04. The Balaban J connectivity index is 1.13. The number of hydrogen-bond acceptors (Lipinski definition) is 1. The van der Waals surface area contributed by atoms with E-state index in [1.165, 1.54) is 82.9 Å². The molecule has 0 unspecified atom stereocenters. The standard InChI is InChI=1S/C50H37N3/c1-34-15-6-10-23-45(34)52(46-24-11-7-16-35(46)2)39-19-14-20-40(33-39)53-48-26-13-9-22-42(48)44-32-37(28-30-50(44)53)36-27-29-49-43(31-36)41-21-8-12-25-47(41)51(49)38-17-4-3-5-18-38/h3-33H,1-2H3. The summed E-state index contributed by atoms with van der Waals surface area (Å²) in [6.07, 6.45) is 0. The number of aromatic nitrogens is 2. The van der Waals surface area contributed by atoms with Gasteiger partial charge in [-0.1, -0.05) is 109 Å². The van der Waals surface area contributed by atoms with Crippen molar-refractivity contribution in [3.63, 3.8) is 0 Å². The molecule has 3 heteroatoms. The van der Waals surface area contributed by atoms with Gasteiger partial charge in [-0.2, -0.15) is 0 Å². The van der Waals surface area contributed by atoms with Crippen molar-refractivity contribution in [1.82, 2.24) is 9.13 Å². The minimum absolute atomic E-state index is 1.12. The fourth-order valence-corrected chi connectivity index (χ4v) is 8.25. The lowest BCUT2D eigenvalue weighted by Crippen LogP contribution is -2.13. The minimum Gasteiger partial charge on any atom is -0.310 e. The normalized spacial score (nSPS) is 11.6. The minimum atomic E-state index is 1.12. The highest BCUT2D eigenvalue weighted by Gasteiger charge is 2.19. The van der Waals surface area contributed by atoms with E-state index in [-0.39, 0.29) is 0 Å². The summed E-state index contributed by atoms with van der Waals surface area (Å²) >= 11 is 0. The van der Waals surface area contributed by atoms with Crippen molar-refractivity contribution >= 4 is 60.7 Å². The van der Waals surface area contributed by atoms with Crippen molar-refractivity contribution in [1.29, 1.82) is 0 Å². The number of rotatable bonds is 6. The average molecular weight is 680 g/mol. The van der Waals surface area contributed by atoms with Crippen LogP contribution in [0.1, 0.15) is 11.1 Å². The van der Waals surface area contributed by atoms with Gasteiger partial charge in [0, 0.05) is 50.0 Å². The molecule has 0 N–H and O–H groups in total. The Morgan fingerprint density at radius 2 is 0.792 bits per heavy atom. The van der Waals surface area contributed by atoms with Crippen molar-refractivity contribution in [3.8, 4) is 22.5 Å². The predicted octanol–water partition coefficient (Wildman–Crippen LogP) is 13.6. The number of nitrogens with zero attached hydrogens (tertiary/aromatic N) is 3. The molecule has 0 saturated heterocycles. The molecule has 3 nitrogen and oxygen atoms in total. The molecule has 0 aliphatic heterocycles. The SMILES string of the molecule is Cc1ccccc1N(c1cccc(-n2c3ccccc3c3cc(-c4ccc5c(c4)c4ccccc4n5-c4ccccc4)ccc32)c1)c1ccccc1C. The monoisotopic (exact) mass is 679 g/mol. The summed E-state index contributed by atoms with van der Waals surface area (Å²) in [7, 11) is 0. The molecule has 10 aromatic rings. The Kier molecular flexibility index (Phi) is 7.26. The van der Waals surface area contributed by atoms with E-state index in [1.54, 1.807) is 0 Å². The molecule has 0 saturated carbocycles. The highest BCUT2D eigenvalue weighted by molar-refractivity contribution is 6.12. The van der Waals surface area contributed by atoms with Crippen LogP contribution in [0, 0.1) is 13.8 Å². The van der Waals surface area contributed by atoms with Gasteiger partial charge in [0.25, 0.3) is 0 Å². The van der Waals surface area contributed by atoms with Crippen molar-refractivity contribution in [2.24, 2.45) is 0 Å². The predicted molar refractivity (Wildman–Crippen MR) is 225 cm³/mol. The molecular weight excluding hydrogens is 643 g/mol. The number of fused-ring (bicyclic) bond motifs is 6. The second-order valence-electron chi connectivity index (χ2n) is 13.9. The Morgan fingerprint density at radius 1 is 0.340 bits per heavy atom. The van der Waals surface area contributed by atoms with Crippen molar-refractivity contribution in [3.05, 3.63) is 199 Å². The number of para-hydroxylation sites is 5. The third-order valence-corrected chi connectivity index (χ3v) is 10.8. The Labute approximate surface area is 309 Å². The molecule has 0 aliphatic carbocycles. The lowest BCUT2D eigenvalue weighted by atomic mass is 10.0. The maximum atomic E-state index is 2.42. The third-order valence-electron chi connectivity index (χ3n) is 10.8. The first-order chi connectivity index (χ1) is 26.1. The van der Waals surface area contributed by atoms with Crippen LogP contribution in [-0.4, -0.2) is 9.13 Å². The van der Waals surface area contributed by atoms with E-state index in [2.05, 4.69) is 216 Å². The van der Waals surface area contributed by atoms with Crippen LogP contribution in [0.2, 0.25) is 0 Å². The van der Waals surface area contributed by atoms with Gasteiger partial charge in [0.1, 0.15) is 0 Å². The smallest absolute Gasteiger partial charge is 0.0541 e. The molecule has 252 valence electrons. The maximum Gasteiger partial charge on any atom is 0.0541 e. The van der Waals surface area contributed by atoms with Crippen LogP contribution < -0.4 is 4.90 Å². The first kappa shape index (κ1) is 30.9. The second kappa shape index (κ2) is 12.4. The zero-order valence-electron chi connectivity index (χ0n) is 29.7. The van der Waals surface area contributed by atoms with Crippen LogP contribution in [-0.2, 0) is 0 Å². The molecule has 2 aromatic heterocycles.